The van der Waals surface area contributed by atoms with E-state index >= 15 is 0 Å². The van der Waals surface area contributed by atoms with E-state index in [0.717, 1.165) is 4.90 Å². The normalized spacial score (nSPS) is 11.0. The smallest absolute Gasteiger partial charge is 0.329 e. The number of urea groups is 1. The SMILES string of the molecule is CN(C(=O)Nc1ccc(Cl)c(Cl)c1)C(C)(C)C(=O)O. The summed E-state index contributed by atoms with van der Waals surface area (Å²) in [7, 11) is 1.40. The van der Waals surface area contributed by atoms with Crippen molar-refractivity contribution in [3.8, 4) is 0 Å². The van der Waals surface area contributed by atoms with E-state index in [1.54, 1.807) is 12.1 Å². The van der Waals surface area contributed by atoms with Gasteiger partial charge < -0.3 is 15.3 Å². The maximum atomic E-state index is 11.9. The Labute approximate surface area is 121 Å². The minimum Gasteiger partial charge on any atom is -0.480 e. The summed E-state index contributed by atoms with van der Waals surface area (Å²) in [6.45, 7) is 2.87. The van der Waals surface area contributed by atoms with Gasteiger partial charge in [0.15, 0.2) is 0 Å². The highest BCUT2D eigenvalue weighted by atomic mass is 35.5. The summed E-state index contributed by atoms with van der Waals surface area (Å²) in [6.07, 6.45) is 0. The Morgan fingerprint density at radius 3 is 2.32 bits per heavy atom. The molecule has 7 heteroatoms. The molecule has 1 aromatic rings. The molecule has 0 aliphatic carbocycles. The quantitative estimate of drug-likeness (QED) is 0.900. The number of rotatable bonds is 3. The van der Waals surface area contributed by atoms with E-state index in [1.165, 1.54) is 27.0 Å². The number of halogens is 2. The second-order valence-electron chi connectivity index (χ2n) is 4.48. The van der Waals surface area contributed by atoms with E-state index in [2.05, 4.69) is 5.32 Å². The van der Waals surface area contributed by atoms with Crippen molar-refractivity contribution in [2.45, 2.75) is 19.4 Å². The monoisotopic (exact) mass is 304 g/mol. The van der Waals surface area contributed by atoms with Crippen molar-refractivity contribution in [3.05, 3.63) is 28.2 Å². The molecule has 19 heavy (non-hydrogen) atoms. The van der Waals surface area contributed by atoms with Gasteiger partial charge in [-0.2, -0.15) is 0 Å². The fourth-order valence-corrected chi connectivity index (χ4v) is 1.48. The molecule has 0 saturated carbocycles. The van der Waals surface area contributed by atoms with Crippen molar-refractivity contribution >= 4 is 40.9 Å². The summed E-state index contributed by atoms with van der Waals surface area (Å²) in [5.41, 5.74) is -0.882. The van der Waals surface area contributed by atoms with Crippen LogP contribution in [0.25, 0.3) is 0 Å². The Kier molecular flexibility index (Phi) is 4.66. The van der Waals surface area contributed by atoms with Crippen molar-refractivity contribution in [1.29, 1.82) is 0 Å². The molecule has 0 unspecified atom stereocenters. The first-order valence-electron chi connectivity index (χ1n) is 5.39. The summed E-state index contributed by atoms with van der Waals surface area (Å²) in [6, 6.07) is 4.06. The topological polar surface area (TPSA) is 69.6 Å². The number of aliphatic carboxylic acids is 1. The van der Waals surface area contributed by atoms with Gasteiger partial charge in [-0.3, -0.25) is 0 Å². The first-order valence-corrected chi connectivity index (χ1v) is 6.15. The third-order valence-electron chi connectivity index (χ3n) is 2.84. The van der Waals surface area contributed by atoms with Crippen molar-refractivity contribution in [1.82, 2.24) is 4.90 Å². The summed E-state index contributed by atoms with van der Waals surface area (Å²) in [5, 5.41) is 12.3. The molecule has 5 nitrogen and oxygen atoms in total. The van der Waals surface area contributed by atoms with Gasteiger partial charge >= 0.3 is 12.0 Å². The minimum atomic E-state index is -1.32. The van der Waals surface area contributed by atoms with Crippen LogP contribution < -0.4 is 5.32 Å². The Balaban J connectivity index is 2.85. The van der Waals surface area contributed by atoms with Crippen molar-refractivity contribution in [3.63, 3.8) is 0 Å². The number of carbonyl (C=O) groups excluding carboxylic acids is 1. The lowest BCUT2D eigenvalue weighted by Gasteiger charge is -2.31. The van der Waals surface area contributed by atoms with Crippen LogP contribution in [0, 0.1) is 0 Å². The average Bonchev–Trinajstić information content (AvgIpc) is 2.32. The zero-order chi connectivity index (χ0) is 14.8. The Morgan fingerprint density at radius 1 is 1.26 bits per heavy atom. The van der Waals surface area contributed by atoms with Gasteiger partial charge in [-0.25, -0.2) is 9.59 Å². The van der Waals surface area contributed by atoms with E-state index in [-0.39, 0.29) is 0 Å². The van der Waals surface area contributed by atoms with Crippen LogP contribution in [-0.2, 0) is 4.79 Å². The standard InChI is InChI=1S/C12H14Cl2N2O3/c1-12(2,10(17)18)16(3)11(19)15-7-4-5-8(13)9(14)6-7/h4-6H,1-3H3,(H,15,19)(H,17,18). The number of carbonyl (C=O) groups is 2. The highest BCUT2D eigenvalue weighted by molar-refractivity contribution is 6.42. The predicted octanol–water partition coefficient (Wildman–Crippen LogP) is 3.32. The van der Waals surface area contributed by atoms with E-state index in [0.29, 0.717) is 15.7 Å². The maximum Gasteiger partial charge on any atom is 0.329 e. The van der Waals surface area contributed by atoms with E-state index in [1.807, 2.05) is 0 Å². The molecule has 0 radical (unpaired) electrons. The lowest BCUT2D eigenvalue weighted by Crippen LogP contribution is -2.52. The zero-order valence-electron chi connectivity index (χ0n) is 10.7. The number of carboxylic acids is 1. The molecule has 2 amide bonds. The van der Waals surface area contributed by atoms with Gasteiger partial charge in [-0.05, 0) is 32.0 Å². The molecule has 2 N–H and O–H groups in total. The van der Waals surface area contributed by atoms with Gasteiger partial charge in [-0.15, -0.1) is 0 Å². The van der Waals surface area contributed by atoms with Crippen LogP contribution in [0.3, 0.4) is 0 Å². The summed E-state index contributed by atoms with van der Waals surface area (Å²) < 4.78 is 0. The van der Waals surface area contributed by atoms with Gasteiger partial charge in [0.05, 0.1) is 10.0 Å². The first kappa shape index (κ1) is 15.6. The number of amides is 2. The molecule has 1 aromatic carbocycles. The van der Waals surface area contributed by atoms with Crippen LogP contribution in [0.4, 0.5) is 10.5 Å². The molecule has 0 heterocycles. The largest absolute Gasteiger partial charge is 0.480 e. The van der Waals surface area contributed by atoms with E-state index in [9.17, 15) is 9.59 Å². The summed E-state index contributed by atoms with van der Waals surface area (Å²) in [5.74, 6) is -1.10. The number of hydrogen-bond donors (Lipinski definition) is 2. The zero-order valence-corrected chi connectivity index (χ0v) is 12.2. The first-order chi connectivity index (χ1) is 8.66. The molecule has 104 valence electrons. The Hall–Kier alpha value is -1.46. The summed E-state index contributed by atoms with van der Waals surface area (Å²) >= 11 is 11.6. The molecule has 0 spiro atoms. The number of likely N-dealkylation sites (N-methyl/N-ethyl adjacent to an activating group) is 1. The van der Waals surface area contributed by atoms with Gasteiger partial charge in [0.25, 0.3) is 0 Å². The number of benzene rings is 1. The molecule has 0 bridgehead atoms. The predicted molar refractivity (Wildman–Crippen MR) is 75.0 cm³/mol. The second kappa shape index (κ2) is 5.67. The molecule has 1 rings (SSSR count). The van der Waals surface area contributed by atoms with Gasteiger partial charge in [0.2, 0.25) is 0 Å². The van der Waals surface area contributed by atoms with Crippen LogP contribution in [-0.4, -0.2) is 34.6 Å². The number of hydrogen-bond acceptors (Lipinski definition) is 2. The number of carboxylic acid groups (broad SMARTS) is 1. The van der Waals surface area contributed by atoms with Crippen LogP contribution in [0.5, 0.6) is 0 Å². The van der Waals surface area contributed by atoms with Crippen molar-refractivity contribution in [2.24, 2.45) is 0 Å². The van der Waals surface area contributed by atoms with Crippen LogP contribution in [0.2, 0.25) is 10.0 Å². The average molecular weight is 305 g/mol. The molecule has 0 fully saturated rings. The van der Waals surface area contributed by atoms with Gasteiger partial charge in [-0.1, -0.05) is 23.2 Å². The highest BCUT2D eigenvalue weighted by Crippen LogP contribution is 2.25. The molecule has 0 saturated heterocycles. The lowest BCUT2D eigenvalue weighted by molar-refractivity contribution is -0.146. The number of anilines is 1. The van der Waals surface area contributed by atoms with Crippen molar-refractivity contribution in [2.75, 3.05) is 12.4 Å². The van der Waals surface area contributed by atoms with E-state index < -0.39 is 17.5 Å². The molecule has 0 aromatic heterocycles. The lowest BCUT2D eigenvalue weighted by atomic mass is 10.1. The number of nitrogens with zero attached hydrogens (tertiary/aromatic N) is 1. The van der Waals surface area contributed by atoms with Gasteiger partial charge in [0.1, 0.15) is 5.54 Å². The molecular weight excluding hydrogens is 291 g/mol. The minimum absolute atomic E-state index is 0.305. The second-order valence-corrected chi connectivity index (χ2v) is 5.30. The summed E-state index contributed by atoms with van der Waals surface area (Å²) in [4.78, 5) is 24.1. The fourth-order valence-electron chi connectivity index (χ4n) is 1.18. The molecule has 0 aliphatic rings. The Bertz CT molecular complexity index is 518. The third kappa shape index (κ3) is 3.52. The van der Waals surface area contributed by atoms with Crippen LogP contribution in [0.1, 0.15) is 13.8 Å². The van der Waals surface area contributed by atoms with E-state index in [4.69, 9.17) is 28.3 Å². The fraction of sp³-hybridized carbons (Fsp3) is 0.333. The van der Waals surface area contributed by atoms with Crippen LogP contribution >= 0.6 is 23.2 Å². The molecular formula is C12H14Cl2N2O3. The maximum absolute atomic E-state index is 11.9. The van der Waals surface area contributed by atoms with Crippen LogP contribution in [0.15, 0.2) is 18.2 Å². The Morgan fingerprint density at radius 2 is 1.84 bits per heavy atom. The van der Waals surface area contributed by atoms with Crippen molar-refractivity contribution < 1.29 is 14.7 Å². The third-order valence-corrected chi connectivity index (χ3v) is 3.58. The number of nitrogens with one attached hydrogen (secondary N) is 1. The highest BCUT2D eigenvalue weighted by Gasteiger charge is 2.35. The molecule has 0 atom stereocenters. The molecule has 0 aliphatic heterocycles. The van der Waals surface area contributed by atoms with Gasteiger partial charge in [0, 0.05) is 12.7 Å².